The van der Waals surface area contributed by atoms with Gasteiger partial charge in [0, 0.05) is 6.54 Å². The molecule has 2 aromatic rings. The molecule has 3 heterocycles. The predicted octanol–water partition coefficient (Wildman–Crippen LogP) is -0.184. The molecule has 3 rings (SSSR count). The van der Waals surface area contributed by atoms with Crippen LogP contribution < -0.4 is 5.32 Å². The highest BCUT2D eigenvalue weighted by Gasteiger charge is 2.44. The smallest absolute Gasteiger partial charge is 0.167 e. The quantitative estimate of drug-likeness (QED) is 0.536. The van der Waals surface area contributed by atoms with Crippen molar-refractivity contribution in [2.24, 2.45) is 0 Å². The molecule has 2 aromatic heterocycles. The topological polar surface area (TPSA) is 126 Å². The minimum Gasteiger partial charge on any atom is -0.394 e. The molecule has 4 atom stereocenters. The molecule has 0 amide bonds. The summed E-state index contributed by atoms with van der Waals surface area (Å²) in [4.78, 5) is 12.7. The zero-order valence-corrected chi connectivity index (χ0v) is 13.3. The van der Waals surface area contributed by atoms with E-state index in [2.05, 4.69) is 26.8 Å². The fourth-order valence-electron chi connectivity index (χ4n) is 2.67. The molecule has 1 fully saturated rings. The number of nitrogens with zero attached hydrogens (tertiary/aromatic N) is 4. The first-order valence-corrected chi connectivity index (χ1v) is 7.71. The van der Waals surface area contributed by atoms with E-state index in [-0.39, 0.29) is 6.61 Å². The fraction of sp³-hybridized carbons (Fsp3) is 0.533. The van der Waals surface area contributed by atoms with E-state index in [1.165, 1.54) is 17.2 Å². The normalized spacial score (nSPS) is 26.8. The van der Waals surface area contributed by atoms with Crippen molar-refractivity contribution >= 4 is 17.0 Å². The molecule has 0 unspecified atom stereocenters. The second kappa shape index (κ2) is 6.81. The second-order valence-corrected chi connectivity index (χ2v) is 5.91. The summed E-state index contributed by atoms with van der Waals surface area (Å²) in [5, 5.41) is 32.4. The minimum absolute atomic E-state index is 0.385. The molecule has 4 N–H and O–H groups in total. The lowest BCUT2D eigenvalue weighted by Gasteiger charge is -2.16. The van der Waals surface area contributed by atoms with E-state index in [1.54, 1.807) is 0 Å². The number of aliphatic hydroxyl groups is 3. The number of imidazole rings is 1. The Labute approximate surface area is 138 Å². The summed E-state index contributed by atoms with van der Waals surface area (Å²) in [5.41, 5.74) is 2.07. The summed E-state index contributed by atoms with van der Waals surface area (Å²) in [6, 6.07) is 0. The van der Waals surface area contributed by atoms with Crippen LogP contribution in [0.25, 0.3) is 11.2 Å². The van der Waals surface area contributed by atoms with Gasteiger partial charge in [-0.05, 0) is 13.3 Å². The Morgan fingerprint density at radius 2 is 2.12 bits per heavy atom. The number of aromatic nitrogens is 4. The van der Waals surface area contributed by atoms with Gasteiger partial charge in [-0.15, -0.1) is 6.58 Å². The van der Waals surface area contributed by atoms with Crippen LogP contribution in [-0.2, 0) is 4.74 Å². The molecule has 0 bridgehead atoms. The molecule has 130 valence electrons. The van der Waals surface area contributed by atoms with E-state index < -0.39 is 24.5 Å². The molecule has 0 aliphatic carbocycles. The monoisotopic (exact) mass is 335 g/mol. The Kier molecular flexibility index (Phi) is 4.76. The van der Waals surface area contributed by atoms with Crippen LogP contribution in [0, 0.1) is 0 Å². The van der Waals surface area contributed by atoms with E-state index in [9.17, 15) is 15.3 Å². The number of aliphatic hydroxyl groups excluding tert-OH is 3. The highest BCUT2D eigenvalue weighted by Crippen LogP contribution is 2.32. The predicted molar refractivity (Wildman–Crippen MR) is 86.3 cm³/mol. The summed E-state index contributed by atoms with van der Waals surface area (Å²) >= 11 is 0. The first-order valence-electron chi connectivity index (χ1n) is 7.71. The summed E-state index contributed by atoms with van der Waals surface area (Å²) < 4.78 is 7.05. The molecule has 9 nitrogen and oxygen atoms in total. The van der Waals surface area contributed by atoms with Crippen LogP contribution in [0.4, 0.5) is 5.82 Å². The van der Waals surface area contributed by atoms with E-state index in [1.807, 2.05) is 6.92 Å². The number of ether oxygens (including phenoxy) is 1. The van der Waals surface area contributed by atoms with Gasteiger partial charge in [-0.1, -0.05) is 5.57 Å². The van der Waals surface area contributed by atoms with Crippen LogP contribution >= 0.6 is 0 Å². The van der Waals surface area contributed by atoms with Crippen LogP contribution in [0.3, 0.4) is 0 Å². The van der Waals surface area contributed by atoms with E-state index in [4.69, 9.17) is 4.74 Å². The molecule has 1 aliphatic heterocycles. The molecular formula is C15H21N5O4. The third-order valence-corrected chi connectivity index (χ3v) is 3.99. The van der Waals surface area contributed by atoms with Gasteiger partial charge in [0.1, 0.15) is 24.6 Å². The zero-order chi connectivity index (χ0) is 17.3. The van der Waals surface area contributed by atoms with Crippen molar-refractivity contribution in [3.05, 3.63) is 24.8 Å². The maximum atomic E-state index is 10.2. The van der Waals surface area contributed by atoms with Crippen molar-refractivity contribution in [3.63, 3.8) is 0 Å². The van der Waals surface area contributed by atoms with E-state index in [0.717, 1.165) is 12.0 Å². The van der Waals surface area contributed by atoms with Gasteiger partial charge in [0.25, 0.3) is 0 Å². The third kappa shape index (κ3) is 2.98. The Morgan fingerprint density at radius 3 is 2.79 bits per heavy atom. The Balaban J connectivity index is 1.87. The molecule has 9 heteroatoms. The number of fused-ring (bicyclic) bond motifs is 1. The van der Waals surface area contributed by atoms with Crippen LogP contribution in [0.1, 0.15) is 19.6 Å². The van der Waals surface area contributed by atoms with Gasteiger partial charge in [-0.3, -0.25) is 4.57 Å². The SMILES string of the molecule is C=C(C)CCNc1ncnc2c1ncn2[C@@H]1O[C@H](CO)[C@@H](O)[C@@H]1O. The first kappa shape index (κ1) is 16.8. The van der Waals surface area contributed by atoms with Gasteiger partial charge in [-0.25, -0.2) is 15.0 Å². The van der Waals surface area contributed by atoms with Crippen LogP contribution in [0.15, 0.2) is 24.8 Å². The van der Waals surface area contributed by atoms with Gasteiger partial charge >= 0.3 is 0 Å². The van der Waals surface area contributed by atoms with Crippen LogP contribution in [0.2, 0.25) is 0 Å². The average molecular weight is 335 g/mol. The zero-order valence-electron chi connectivity index (χ0n) is 13.3. The van der Waals surface area contributed by atoms with Crippen molar-refractivity contribution in [1.82, 2.24) is 19.5 Å². The van der Waals surface area contributed by atoms with Crippen molar-refractivity contribution in [1.29, 1.82) is 0 Å². The number of nitrogens with one attached hydrogen (secondary N) is 1. The molecular weight excluding hydrogens is 314 g/mol. The maximum absolute atomic E-state index is 10.2. The lowest BCUT2D eigenvalue weighted by Crippen LogP contribution is -2.33. The summed E-state index contributed by atoms with van der Waals surface area (Å²) in [6.07, 6.45) is -0.408. The lowest BCUT2D eigenvalue weighted by molar-refractivity contribution is -0.0511. The van der Waals surface area contributed by atoms with Gasteiger partial charge in [0.05, 0.1) is 12.9 Å². The lowest BCUT2D eigenvalue weighted by atomic mass is 10.1. The van der Waals surface area contributed by atoms with Crippen molar-refractivity contribution < 1.29 is 20.1 Å². The fourth-order valence-corrected chi connectivity index (χ4v) is 2.67. The largest absolute Gasteiger partial charge is 0.394 e. The van der Waals surface area contributed by atoms with Crippen LogP contribution in [0.5, 0.6) is 0 Å². The van der Waals surface area contributed by atoms with Gasteiger partial charge in [0.15, 0.2) is 23.2 Å². The highest BCUT2D eigenvalue weighted by atomic mass is 16.6. The van der Waals surface area contributed by atoms with Gasteiger partial charge in [-0.2, -0.15) is 0 Å². The van der Waals surface area contributed by atoms with Crippen molar-refractivity contribution in [2.75, 3.05) is 18.5 Å². The van der Waals surface area contributed by atoms with E-state index in [0.29, 0.717) is 23.5 Å². The van der Waals surface area contributed by atoms with Gasteiger partial charge in [0.2, 0.25) is 0 Å². The molecule has 0 aromatic carbocycles. The number of hydrogen-bond donors (Lipinski definition) is 4. The van der Waals surface area contributed by atoms with Crippen molar-refractivity contribution in [2.45, 2.75) is 37.9 Å². The summed E-state index contributed by atoms with van der Waals surface area (Å²) in [7, 11) is 0. The third-order valence-electron chi connectivity index (χ3n) is 3.99. The first-order chi connectivity index (χ1) is 11.5. The number of hydrogen-bond acceptors (Lipinski definition) is 8. The highest BCUT2D eigenvalue weighted by molar-refractivity contribution is 5.82. The van der Waals surface area contributed by atoms with Gasteiger partial charge < -0.3 is 25.4 Å². The maximum Gasteiger partial charge on any atom is 0.167 e. The Bertz CT molecular complexity index is 734. The molecule has 0 spiro atoms. The summed E-state index contributed by atoms with van der Waals surface area (Å²) in [5.74, 6) is 0.576. The average Bonchev–Trinajstić information content (AvgIpc) is 3.10. The molecule has 1 aliphatic rings. The Morgan fingerprint density at radius 1 is 1.33 bits per heavy atom. The molecule has 0 radical (unpaired) electrons. The van der Waals surface area contributed by atoms with Crippen LogP contribution in [-0.4, -0.2) is 66.3 Å². The van der Waals surface area contributed by atoms with E-state index >= 15 is 0 Å². The summed E-state index contributed by atoms with van der Waals surface area (Å²) in [6.45, 7) is 6.09. The molecule has 24 heavy (non-hydrogen) atoms. The Hall–Kier alpha value is -2.07. The second-order valence-electron chi connectivity index (χ2n) is 5.91. The standard InChI is InChI=1S/C15H21N5O4/c1-8(2)3-4-16-13-10-14(18-6-17-13)20(7-19-10)15-12(23)11(22)9(5-21)24-15/h6-7,9,11-12,15,21-23H,1,3-5H2,2H3,(H,16,17,18)/t9-,11-,12+,15-/m1/s1. The number of rotatable bonds is 6. The van der Waals surface area contributed by atoms with Crippen molar-refractivity contribution in [3.8, 4) is 0 Å². The molecule has 0 saturated carbocycles. The number of anilines is 1. The minimum atomic E-state index is -1.19. The molecule has 1 saturated heterocycles.